The minimum absolute atomic E-state index is 0.161. The molecule has 2 aromatic carbocycles. The summed E-state index contributed by atoms with van der Waals surface area (Å²) in [6.07, 6.45) is 0. The van der Waals surface area contributed by atoms with Crippen molar-refractivity contribution in [3.05, 3.63) is 42.5 Å². The molecule has 3 nitrogen and oxygen atoms in total. The molecule has 0 bridgehead atoms. The minimum atomic E-state index is -0.358. The van der Waals surface area contributed by atoms with E-state index in [0.29, 0.717) is 0 Å². The Balaban J connectivity index is 2.38. The Morgan fingerprint density at radius 1 is 1.13 bits per heavy atom. The standard InChI is InChI=1S/C12H12N2O/c13-12(15)8-14-11-7-3-5-9-4-1-2-6-10(9)11/h1-7,14H,8H2,(H2,13,15). The molecule has 3 N–H and O–H groups in total. The molecule has 2 rings (SSSR count). The molecule has 0 aliphatic heterocycles. The largest absolute Gasteiger partial charge is 0.376 e. The van der Waals surface area contributed by atoms with Gasteiger partial charge in [-0.2, -0.15) is 0 Å². The molecule has 0 aliphatic rings. The van der Waals surface area contributed by atoms with Crippen molar-refractivity contribution in [2.45, 2.75) is 0 Å². The number of fused-ring (bicyclic) bond motifs is 1. The van der Waals surface area contributed by atoms with Crippen LogP contribution in [0.25, 0.3) is 10.8 Å². The number of primary amides is 1. The summed E-state index contributed by atoms with van der Waals surface area (Å²) in [7, 11) is 0. The number of amides is 1. The summed E-state index contributed by atoms with van der Waals surface area (Å²) in [4.78, 5) is 10.7. The maximum Gasteiger partial charge on any atom is 0.236 e. The van der Waals surface area contributed by atoms with E-state index < -0.39 is 0 Å². The Hall–Kier alpha value is -2.03. The van der Waals surface area contributed by atoms with Crippen LogP contribution in [-0.4, -0.2) is 12.5 Å². The summed E-state index contributed by atoms with van der Waals surface area (Å²) in [6.45, 7) is 0.161. The number of rotatable bonds is 3. The molecule has 2 aromatic rings. The zero-order valence-corrected chi connectivity index (χ0v) is 8.23. The maximum atomic E-state index is 10.7. The highest BCUT2D eigenvalue weighted by molar-refractivity contribution is 5.94. The Morgan fingerprint density at radius 3 is 2.67 bits per heavy atom. The molecule has 76 valence electrons. The smallest absolute Gasteiger partial charge is 0.236 e. The Labute approximate surface area is 87.9 Å². The van der Waals surface area contributed by atoms with Gasteiger partial charge in [0, 0.05) is 11.1 Å². The van der Waals surface area contributed by atoms with Crippen LogP contribution >= 0.6 is 0 Å². The lowest BCUT2D eigenvalue weighted by Crippen LogP contribution is -2.21. The van der Waals surface area contributed by atoms with Crippen molar-refractivity contribution in [2.75, 3.05) is 11.9 Å². The van der Waals surface area contributed by atoms with Crippen molar-refractivity contribution in [1.82, 2.24) is 0 Å². The van der Waals surface area contributed by atoms with Gasteiger partial charge in [0.1, 0.15) is 0 Å². The van der Waals surface area contributed by atoms with Crippen molar-refractivity contribution in [3.63, 3.8) is 0 Å². The van der Waals surface area contributed by atoms with Gasteiger partial charge >= 0.3 is 0 Å². The van der Waals surface area contributed by atoms with Gasteiger partial charge in [-0.1, -0.05) is 36.4 Å². The Morgan fingerprint density at radius 2 is 1.87 bits per heavy atom. The van der Waals surface area contributed by atoms with Gasteiger partial charge in [-0.3, -0.25) is 4.79 Å². The van der Waals surface area contributed by atoms with E-state index in [1.165, 1.54) is 0 Å². The summed E-state index contributed by atoms with van der Waals surface area (Å²) in [5.41, 5.74) is 6.02. The number of nitrogens with two attached hydrogens (primary N) is 1. The van der Waals surface area contributed by atoms with Gasteiger partial charge in [0.15, 0.2) is 0 Å². The lowest BCUT2D eigenvalue weighted by atomic mass is 10.1. The summed E-state index contributed by atoms with van der Waals surface area (Å²) >= 11 is 0. The predicted molar refractivity (Wildman–Crippen MR) is 61.6 cm³/mol. The van der Waals surface area contributed by atoms with E-state index in [9.17, 15) is 4.79 Å². The highest BCUT2D eigenvalue weighted by Crippen LogP contribution is 2.22. The van der Waals surface area contributed by atoms with E-state index in [-0.39, 0.29) is 12.5 Å². The van der Waals surface area contributed by atoms with Crippen LogP contribution in [0, 0.1) is 0 Å². The van der Waals surface area contributed by atoms with Gasteiger partial charge < -0.3 is 11.1 Å². The van der Waals surface area contributed by atoms with Crippen molar-refractivity contribution in [2.24, 2.45) is 5.73 Å². The Kier molecular flexibility index (Phi) is 2.54. The first-order chi connectivity index (χ1) is 7.27. The molecule has 0 spiro atoms. The molecule has 0 radical (unpaired) electrons. The SMILES string of the molecule is NC(=O)CNc1cccc2ccccc12. The summed E-state index contributed by atoms with van der Waals surface area (Å²) in [6, 6.07) is 13.9. The molecule has 0 aromatic heterocycles. The number of benzene rings is 2. The average Bonchev–Trinajstić information content (AvgIpc) is 2.26. The quantitative estimate of drug-likeness (QED) is 0.792. The number of carbonyl (C=O) groups excluding carboxylic acids is 1. The second-order valence-electron chi connectivity index (χ2n) is 3.35. The highest BCUT2D eigenvalue weighted by atomic mass is 16.1. The molecule has 1 amide bonds. The van der Waals surface area contributed by atoms with E-state index in [1.807, 2.05) is 42.5 Å². The molecule has 3 heteroatoms. The van der Waals surface area contributed by atoms with Crippen molar-refractivity contribution < 1.29 is 4.79 Å². The van der Waals surface area contributed by atoms with Gasteiger partial charge in [0.05, 0.1) is 6.54 Å². The fraction of sp³-hybridized carbons (Fsp3) is 0.0833. The Bertz CT molecular complexity index is 488. The third-order valence-electron chi connectivity index (χ3n) is 2.24. The van der Waals surface area contributed by atoms with Crippen LogP contribution in [0.2, 0.25) is 0 Å². The highest BCUT2D eigenvalue weighted by Gasteiger charge is 2.00. The first-order valence-corrected chi connectivity index (χ1v) is 4.77. The molecular formula is C12H12N2O. The first kappa shape index (κ1) is 9.52. The number of carbonyl (C=O) groups is 1. The zero-order chi connectivity index (χ0) is 10.7. The molecule has 0 heterocycles. The van der Waals surface area contributed by atoms with Gasteiger partial charge in [-0.15, -0.1) is 0 Å². The van der Waals surface area contributed by atoms with E-state index >= 15 is 0 Å². The minimum Gasteiger partial charge on any atom is -0.376 e. The van der Waals surface area contributed by atoms with Crippen molar-refractivity contribution in [1.29, 1.82) is 0 Å². The van der Waals surface area contributed by atoms with Crippen LogP contribution in [0.15, 0.2) is 42.5 Å². The monoisotopic (exact) mass is 200 g/mol. The summed E-state index contributed by atoms with van der Waals surface area (Å²) in [5.74, 6) is -0.358. The summed E-state index contributed by atoms with van der Waals surface area (Å²) < 4.78 is 0. The third kappa shape index (κ3) is 2.07. The molecule has 0 atom stereocenters. The van der Waals surface area contributed by atoms with E-state index in [1.54, 1.807) is 0 Å². The molecule has 0 fully saturated rings. The third-order valence-corrected chi connectivity index (χ3v) is 2.24. The average molecular weight is 200 g/mol. The number of nitrogens with one attached hydrogen (secondary N) is 1. The second kappa shape index (κ2) is 4.00. The summed E-state index contributed by atoms with van der Waals surface area (Å²) in [5, 5.41) is 5.26. The van der Waals surface area contributed by atoms with Gasteiger partial charge in [-0.05, 0) is 11.5 Å². The topological polar surface area (TPSA) is 55.1 Å². The van der Waals surface area contributed by atoms with Crippen LogP contribution in [0.5, 0.6) is 0 Å². The molecule has 0 aliphatic carbocycles. The molecule has 0 unspecified atom stereocenters. The van der Waals surface area contributed by atoms with Crippen molar-refractivity contribution >= 4 is 22.4 Å². The van der Waals surface area contributed by atoms with Gasteiger partial charge in [0.25, 0.3) is 0 Å². The number of hydrogen-bond acceptors (Lipinski definition) is 2. The first-order valence-electron chi connectivity index (χ1n) is 4.77. The predicted octanol–water partition coefficient (Wildman–Crippen LogP) is 1.74. The fourth-order valence-corrected chi connectivity index (χ4v) is 1.56. The zero-order valence-electron chi connectivity index (χ0n) is 8.23. The lowest BCUT2D eigenvalue weighted by Gasteiger charge is -2.07. The second-order valence-corrected chi connectivity index (χ2v) is 3.35. The molecule has 15 heavy (non-hydrogen) atoms. The molecule has 0 saturated carbocycles. The van der Waals surface area contributed by atoms with Crippen LogP contribution in [0.3, 0.4) is 0 Å². The maximum absolute atomic E-state index is 10.7. The lowest BCUT2D eigenvalue weighted by molar-refractivity contribution is -0.116. The van der Waals surface area contributed by atoms with Crippen molar-refractivity contribution in [3.8, 4) is 0 Å². The van der Waals surface area contributed by atoms with Gasteiger partial charge in [-0.25, -0.2) is 0 Å². The fourth-order valence-electron chi connectivity index (χ4n) is 1.56. The van der Waals surface area contributed by atoms with E-state index in [4.69, 9.17) is 5.73 Å². The van der Waals surface area contributed by atoms with Crippen LogP contribution in [0.1, 0.15) is 0 Å². The van der Waals surface area contributed by atoms with Crippen LogP contribution in [-0.2, 0) is 4.79 Å². The number of anilines is 1. The molecule has 0 saturated heterocycles. The number of hydrogen-bond donors (Lipinski definition) is 2. The van der Waals surface area contributed by atoms with E-state index in [2.05, 4.69) is 5.32 Å². The molecular weight excluding hydrogens is 188 g/mol. The van der Waals surface area contributed by atoms with E-state index in [0.717, 1.165) is 16.5 Å². The normalized spacial score (nSPS) is 10.1. The van der Waals surface area contributed by atoms with Crippen LogP contribution < -0.4 is 11.1 Å². The van der Waals surface area contributed by atoms with Crippen LogP contribution in [0.4, 0.5) is 5.69 Å². The van der Waals surface area contributed by atoms with Gasteiger partial charge in [0.2, 0.25) is 5.91 Å².